The van der Waals surface area contributed by atoms with Gasteiger partial charge in [0.15, 0.2) is 5.78 Å². The summed E-state index contributed by atoms with van der Waals surface area (Å²) < 4.78 is 0. The number of thioether (sulfide) groups is 1. The van der Waals surface area contributed by atoms with Crippen molar-refractivity contribution in [3.8, 4) is 11.5 Å². The van der Waals surface area contributed by atoms with Gasteiger partial charge in [0.2, 0.25) is 0 Å². The van der Waals surface area contributed by atoms with Crippen LogP contribution in [-0.4, -0.2) is 53.0 Å². The lowest BCUT2D eigenvalue weighted by molar-refractivity contribution is 0.102. The number of ketones is 1. The van der Waals surface area contributed by atoms with Crippen molar-refractivity contribution in [2.24, 2.45) is 0 Å². The molecule has 1 rings (SSSR count). The van der Waals surface area contributed by atoms with Gasteiger partial charge in [-0.15, -0.1) is 0 Å². The van der Waals surface area contributed by atoms with Crippen LogP contribution in [0.4, 0.5) is 0 Å². The molecule has 0 aliphatic carbocycles. The second kappa shape index (κ2) is 6.51. The Morgan fingerprint density at radius 1 is 1.35 bits per heavy atom. The molecule has 5 heteroatoms. The molecular formula is C12H17NO3S. The van der Waals surface area contributed by atoms with Crippen molar-refractivity contribution in [1.82, 2.24) is 4.90 Å². The van der Waals surface area contributed by atoms with Crippen molar-refractivity contribution in [3.05, 3.63) is 23.8 Å². The van der Waals surface area contributed by atoms with Crippen LogP contribution in [0.5, 0.6) is 11.5 Å². The smallest absolute Gasteiger partial charge is 0.176 e. The summed E-state index contributed by atoms with van der Waals surface area (Å²) in [6.07, 6.45) is 0. The fourth-order valence-corrected chi connectivity index (χ4v) is 2.23. The van der Waals surface area contributed by atoms with Crippen LogP contribution in [0.1, 0.15) is 10.4 Å². The maximum atomic E-state index is 11.7. The van der Waals surface area contributed by atoms with E-state index in [9.17, 15) is 9.90 Å². The summed E-state index contributed by atoms with van der Waals surface area (Å²) in [7, 11) is 3.96. The number of nitrogens with zero attached hydrogens (tertiary/aromatic N) is 1. The second-order valence-corrected chi connectivity index (χ2v) is 5.09. The minimum Gasteiger partial charge on any atom is -0.508 e. The topological polar surface area (TPSA) is 60.8 Å². The average Bonchev–Trinajstić information content (AvgIpc) is 2.23. The van der Waals surface area contributed by atoms with Crippen molar-refractivity contribution in [2.75, 3.05) is 32.1 Å². The third-order valence-electron chi connectivity index (χ3n) is 2.20. The molecule has 0 unspecified atom stereocenters. The molecule has 0 bridgehead atoms. The zero-order chi connectivity index (χ0) is 12.8. The lowest BCUT2D eigenvalue weighted by Crippen LogP contribution is -2.15. The first kappa shape index (κ1) is 13.9. The Balaban J connectivity index is 2.47. The average molecular weight is 255 g/mol. The number of phenolic OH excluding ortho intramolecular Hbond substituents is 2. The van der Waals surface area contributed by atoms with Gasteiger partial charge >= 0.3 is 0 Å². The molecule has 2 N–H and O–H groups in total. The van der Waals surface area contributed by atoms with Crippen LogP contribution in [0.2, 0.25) is 0 Å². The molecule has 0 aliphatic rings. The quantitative estimate of drug-likeness (QED) is 0.597. The van der Waals surface area contributed by atoms with E-state index in [-0.39, 0.29) is 22.8 Å². The molecule has 1 aromatic carbocycles. The van der Waals surface area contributed by atoms with E-state index in [0.717, 1.165) is 12.3 Å². The fraction of sp³-hybridized carbons (Fsp3) is 0.417. The summed E-state index contributed by atoms with van der Waals surface area (Å²) in [5.41, 5.74) is 0.264. The van der Waals surface area contributed by atoms with E-state index in [4.69, 9.17) is 5.11 Å². The fourth-order valence-electron chi connectivity index (χ4n) is 1.25. The van der Waals surface area contributed by atoms with Crippen molar-refractivity contribution >= 4 is 17.5 Å². The highest BCUT2D eigenvalue weighted by atomic mass is 32.2. The lowest BCUT2D eigenvalue weighted by atomic mass is 10.1. The van der Waals surface area contributed by atoms with E-state index in [1.807, 2.05) is 14.1 Å². The van der Waals surface area contributed by atoms with Crippen LogP contribution in [0.3, 0.4) is 0 Å². The van der Waals surface area contributed by atoms with E-state index >= 15 is 0 Å². The molecule has 0 spiro atoms. The number of phenols is 2. The number of hydrogen-bond donors (Lipinski definition) is 2. The van der Waals surface area contributed by atoms with Gasteiger partial charge in [0.1, 0.15) is 11.5 Å². The molecule has 0 radical (unpaired) electrons. The summed E-state index contributed by atoms with van der Waals surface area (Å²) in [5, 5.41) is 18.6. The monoisotopic (exact) mass is 255 g/mol. The van der Waals surface area contributed by atoms with Gasteiger partial charge < -0.3 is 15.1 Å². The van der Waals surface area contributed by atoms with Gasteiger partial charge in [0.05, 0.1) is 11.3 Å². The molecule has 0 heterocycles. The molecule has 17 heavy (non-hydrogen) atoms. The summed E-state index contributed by atoms with van der Waals surface area (Å²) >= 11 is 1.53. The standard InChI is InChI=1S/C12H17NO3S/c1-13(2)5-6-17-8-12(16)10-4-3-9(14)7-11(10)15/h3-4,7,14-15H,5-6,8H2,1-2H3. The van der Waals surface area contributed by atoms with Crippen LogP contribution in [-0.2, 0) is 0 Å². The molecule has 0 saturated carbocycles. The third-order valence-corrected chi connectivity index (χ3v) is 3.14. The number of rotatable bonds is 6. The SMILES string of the molecule is CN(C)CCSCC(=O)c1ccc(O)cc1O. The molecule has 0 aliphatic heterocycles. The van der Waals surface area contributed by atoms with Gasteiger partial charge in [-0.2, -0.15) is 11.8 Å². The minimum absolute atomic E-state index is 0.0423. The highest BCUT2D eigenvalue weighted by Crippen LogP contribution is 2.23. The van der Waals surface area contributed by atoms with Crippen molar-refractivity contribution in [1.29, 1.82) is 0 Å². The van der Waals surface area contributed by atoms with Crippen LogP contribution < -0.4 is 0 Å². The summed E-state index contributed by atoms with van der Waals surface area (Å²) in [6, 6.07) is 4.02. The summed E-state index contributed by atoms with van der Waals surface area (Å²) in [6.45, 7) is 0.916. The number of aromatic hydroxyl groups is 2. The molecular weight excluding hydrogens is 238 g/mol. The summed E-state index contributed by atoms with van der Waals surface area (Å²) in [5.74, 6) is 0.887. The van der Waals surface area contributed by atoms with Crippen LogP contribution in [0.25, 0.3) is 0 Å². The first-order valence-corrected chi connectivity index (χ1v) is 6.44. The van der Waals surface area contributed by atoms with E-state index < -0.39 is 0 Å². The van der Waals surface area contributed by atoms with Crippen LogP contribution >= 0.6 is 11.8 Å². The Morgan fingerprint density at radius 2 is 2.06 bits per heavy atom. The van der Waals surface area contributed by atoms with Crippen molar-refractivity contribution in [3.63, 3.8) is 0 Å². The van der Waals surface area contributed by atoms with Crippen LogP contribution in [0, 0.1) is 0 Å². The van der Waals surface area contributed by atoms with E-state index in [1.165, 1.54) is 30.0 Å². The number of carbonyl (C=O) groups is 1. The highest BCUT2D eigenvalue weighted by molar-refractivity contribution is 8.00. The Morgan fingerprint density at radius 3 is 2.65 bits per heavy atom. The van der Waals surface area contributed by atoms with Gasteiger partial charge in [-0.1, -0.05) is 0 Å². The van der Waals surface area contributed by atoms with Gasteiger partial charge in [0.25, 0.3) is 0 Å². The van der Waals surface area contributed by atoms with Crippen LogP contribution in [0.15, 0.2) is 18.2 Å². The van der Waals surface area contributed by atoms with E-state index in [0.29, 0.717) is 5.75 Å². The van der Waals surface area contributed by atoms with Crippen molar-refractivity contribution < 1.29 is 15.0 Å². The normalized spacial score (nSPS) is 10.8. The number of hydrogen-bond acceptors (Lipinski definition) is 5. The molecule has 4 nitrogen and oxygen atoms in total. The molecule has 0 saturated heterocycles. The molecule has 1 aromatic rings. The summed E-state index contributed by atoms with van der Waals surface area (Å²) in [4.78, 5) is 13.8. The van der Waals surface area contributed by atoms with Gasteiger partial charge in [-0.3, -0.25) is 4.79 Å². The number of carbonyl (C=O) groups excluding carboxylic acids is 1. The Hall–Kier alpha value is -1.20. The number of Topliss-reactive ketones (excluding diaryl/α,β-unsaturated/α-hetero) is 1. The zero-order valence-electron chi connectivity index (χ0n) is 10.0. The molecule has 0 fully saturated rings. The Kier molecular flexibility index (Phi) is 5.31. The van der Waals surface area contributed by atoms with E-state index in [2.05, 4.69) is 4.90 Å². The molecule has 0 aromatic heterocycles. The van der Waals surface area contributed by atoms with Gasteiger partial charge in [-0.25, -0.2) is 0 Å². The molecule has 0 amide bonds. The molecule has 0 atom stereocenters. The third kappa shape index (κ3) is 4.66. The minimum atomic E-state index is -0.164. The Bertz CT molecular complexity index is 393. The Labute approximate surface area is 105 Å². The first-order chi connectivity index (χ1) is 8.00. The van der Waals surface area contributed by atoms with E-state index in [1.54, 1.807) is 0 Å². The predicted octanol–water partition coefficient (Wildman–Crippen LogP) is 1.58. The molecule has 94 valence electrons. The maximum absolute atomic E-state index is 11.7. The number of benzene rings is 1. The first-order valence-electron chi connectivity index (χ1n) is 5.28. The predicted molar refractivity (Wildman–Crippen MR) is 70.0 cm³/mol. The zero-order valence-corrected chi connectivity index (χ0v) is 10.8. The lowest BCUT2D eigenvalue weighted by Gasteiger charge is -2.08. The highest BCUT2D eigenvalue weighted by Gasteiger charge is 2.11. The maximum Gasteiger partial charge on any atom is 0.176 e. The van der Waals surface area contributed by atoms with Gasteiger partial charge in [0, 0.05) is 18.4 Å². The largest absolute Gasteiger partial charge is 0.508 e. The second-order valence-electron chi connectivity index (χ2n) is 3.98. The van der Waals surface area contributed by atoms with Crippen molar-refractivity contribution in [2.45, 2.75) is 0 Å². The van der Waals surface area contributed by atoms with Gasteiger partial charge in [-0.05, 0) is 26.2 Å².